The minimum absolute atomic E-state index is 0.0698. The maximum atomic E-state index is 12.4. The van der Waals surface area contributed by atoms with Crippen molar-refractivity contribution in [1.82, 2.24) is 30.3 Å². The van der Waals surface area contributed by atoms with Crippen LogP contribution in [-0.4, -0.2) is 64.8 Å². The Kier molecular flexibility index (Phi) is 8.00. The van der Waals surface area contributed by atoms with E-state index < -0.39 is 0 Å². The lowest BCUT2D eigenvalue weighted by atomic mass is 10.1. The first kappa shape index (κ1) is 22.7. The van der Waals surface area contributed by atoms with E-state index in [9.17, 15) is 4.79 Å². The number of rotatable bonds is 8. The Morgan fingerprint density at radius 3 is 2.68 bits per heavy atom. The zero-order valence-corrected chi connectivity index (χ0v) is 18.9. The number of aliphatic imine (C=N–C) groups is 1. The van der Waals surface area contributed by atoms with Crippen molar-refractivity contribution < 1.29 is 9.53 Å². The molecule has 9 nitrogen and oxygen atoms in total. The fourth-order valence-electron chi connectivity index (χ4n) is 3.70. The van der Waals surface area contributed by atoms with E-state index in [1.165, 1.54) is 0 Å². The topological polar surface area (TPSA) is 96.7 Å². The molecule has 0 spiro atoms. The van der Waals surface area contributed by atoms with Gasteiger partial charge in [-0.25, -0.2) is 9.67 Å². The Bertz CT molecular complexity index is 888. The Morgan fingerprint density at radius 1 is 1.29 bits per heavy atom. The van der Waals surface area contributed by atoms with Gasteiger partial charge in [0.2, 0.25) is 0 Å². The number of guanidine groups is 1. The van der Waals surface area contributed by atoms with E-state index in [2.05, 4.69) is 25.7 Å². The molecular formula is C22H33N7O2. The standard InChI is InChI=1S/C22H33N7O2/c1-5-28(6-2)21(30)17-9-7-16(8-10-17)13-24-22(23-3)25-18-11-12-20-26-19(15-31-4)27-29(20)14-18/h7-10,18H,5-6,11-15H2,1-4H3,(H2,23,24,25). The molecule has 9 heteroatoms. The molecule has 1 aromatic carbocycles. The molecule has 2 aromatic rings. The fraction of sp³-hybridized carbons (Fsp3) is 0.545. The molecule has 0 aliphatic carbocycles. The number of amides is 1. The van der Waals surface area contributed by atoms with Gasteiger partial charge in [-0.3, -0.25) is 9.79 Å². The number of ether oxygens (including phenoxy) is 1. The van der Waals surface area contributed by atoms with Gasteiger partial charge >= 0.3 is 0 Å². The van der Waals surface area contributed by atoms with Crippen LogP contribution in [0.3, 0.4) is 0 Å². The highest BCUT2D eigenvalue weighted by Crippen LogP contribution is 2.13. The van der Waals surface area contributed by atoms with Crippen LogP contribution in [-0.2, 0) is 30.9 Å². The lowest BCUT2D eigenvalue weighted by molar-refractivity contribution is 0.0773. The molecule has 31 heavy (non-hydrogen) atoms. The van der Waals surface area contributed by atoms with E-state index in [0.717, 1.165) is 42.6 Å². The second kappa shape index (κ2) is 10.9. The number of carbonyl (C=O) groups excluding carboxylic acids is 1. The van der Waals surface area contributed by atoms with Gasteiger partial charge in [-0.2, -0.15) is 5.10 Å². The summed E-state index contributed by atoms with van der Waals surface area (Å²) >= 11 is 0. The van der Waals surface area contributed by atoms with E-state index in [-0.39, 0.29) is 11.9 Å². The van der Waals surface area contributed by atoms with Crippen LogP contribution < -0.4 is 10.6 Å². The van der Waals surface area contributed by atoms with Crippen LogP contribution in [0.15, 0.2) is 29.3 Å². The summed E-state index contributed by atoms with van der Waals surface area (Å²) < 4.78 is 7.08. The summed E-state index contributed by atoms with van der Waals surface area (Å²) in [4.78, 5) is 23.1. The zero-order chi connectivity index (χ0) is 22.2. The molecule has 0 fully saturated rings. The van der Waals surface area contributed by atoms with Gasteiger partial charge in [0.1, 0.15) is 12.4 Å². The number of fused-ring (bicyclic) bond motifs is 1. The minimum Gasteiger partial charge on any atom is -0.377 e. The third-order valence-electron chi connectivity index (χ3n) is 5.45. The van der Waals surface area contributed by atoms with Gasteiger partial charge in [-0.05, 0) is 38.0 Å². The molecule has 2 N–H and O–H groups in total. The predicted octanol–water partition coefficient (Wildman–Crippen LogP) is 1.59. The molecule has 1 amide bonds. The van der Waals surface area contributed by atoms with Crippen LogP contribution in [0.25, 0.3) is 0 Å². The first-order chi connectivity index (χ1) is 15.1. The average Bonchev–Trinajstić information content (AvgIpc) is 3.19. The number of nitrogens with zero attached hydrogens (tertiary/aromatic N) is 5. The zero-order valence-electron chi connectivity index (χ0n) is 18.9. The molecule has 3 rings (SSSR count). The molecule has 2 heterocycles. The number of hydrogen-bond donors (Lipinski definition) is 2. The van der Waals surface area contributed by atoms with E-state index >= 15 is 0 Å². The second-order valence-corrected chi connectivity index (χ2v) is 7.54. The third kappa shape index (κ3) is 5.81. The van der Waals surface area contributed by atoms with Crippen molar-refractivity contribution in [3.8, 4) is 0 Å². The average molecular weight is 428 g/mol. The molecular weight excluding hydrogens is 394 g/mol. The molecule has 0 saturated heterocycles. The second-order valence-electron chi connectivity index (χ2n) is 7.54. The molecule has 1 atom stereocenters. The number of carbonyl (C=O) groups is 1. The molecule has 0 bridgehead atoms. The fourth-order valence-corrected chi connectivity index (χ4v) is 3.70. The maximum Gasteiger partial charge on any atom is 0.253 e. The van der Waals surface area contributed by atoms with Crippen LogP contribution in [0.1, 0.15) is 47.8 Å². The summed E-state index contributed by atoms with van der Waals surface area (Å²) in [5, 5.41) is 11.3. The normalized spacial score (nSPS) is 16.0. The highest BCUT2D eigenvalue weighted by atomic mass is 16.5. The van der Waals surface area contributed by atoms with E-state index in [4.69, 9.17) is 4.74 Å². The van der Waals surface area contributed by atoms with Crippen LogP contribution >= 0.6 is 0 Å². The van der Waals surface area contributed by atoms with E-state index in [0.29, 0.717) is 31.8 Å². The summed E-state index contributed by atoms with van der Waals surface area (Å²) in [5.41, 5.74) is 1.80. The van der Waals surface area contributed by atoms with Crippen molar-refractivity contribution in [1.29, 1.82) is 0 Å². The lowest BCUT2D eigenvalue weighted by Gasteiger charge is -2.25. The van der Waals surface area contributed by atoms with Crippen LogP contribution in [0, 0.1) is 0 Å². The van der Waals surface area contributed by atoms with Crippen molar-refractivity contribution in [2.24, 2.45) is 4.99 Å². The van der Waals surface area contributed by atoms with Crippen molar-refractivity contribution >= 4 is 11.9 Å². The van der Waals surface area contributed by atoms with Gasteiger partial charge in [0.05, 0.1) is 6.54 Å². The van der Waals surface area contributed by atoms with Gasteiger partial charge in [-0.15, -0.1) is 0 Å². The number of nitrogens with one attached hydrogen (secondary N) is 2. The number of hydrogen-bond acceptors (Lipinski definition) is 5. The molecule has 1 unspecified atom stereocenters. The smallest absolute Gasteiger partial charge is 0.253 e. The van der Waals surface area contributed by atoms with Crippen molar-refractivity contribution in [2.45, 2.75) is 52.4 Å². The summed E-state index contributed by atoms with van der Waals surface area (Å²) in [6.07, 6.45) is 1.83. The summed E-state index contributed by atoms with van der Waals surface area (Å²) in [6.45, 7) is 7.21. The minimum atomic E-state index is 0.0698. The van der Waals surface area contributed by atoms with E-state index in [1.54, 1.807) is 14.2 Å². The molecule has 1 aromatic heterocycles. The quantitative estimate of drug-likeness (QED) is 0.491. The monoisotopic (exact) mass is 427 g/mol. The lowest BCUT2D eigenvalue weighted by Crippen LogP contribution is -2.46. The van der Waals surface area contributed by atoms with Gasteiger partial charge in [0.25, 0.3) is 5.91 Å². The van der Waals surface area contributed by atoms with Gasteiger partial charge in [-0.1, -0.05) is 12.1 Å². The van der Waals surface area contributed by atoms with Crippen molar-refractivity contribution in [3.63, 3.8) is 0 Å². The molecule has 1 aliphatic heterocycles. The number of aryl methyl sites for hydroxylation is 1. The van der Waals surface area contributed by atoms with Crippen molar-refractivity contribution in [3.05, 3.63) is 47.0 Å². The largest absolute Gasteiger partial charge is 0.377 e. The first-order valence-electron chi connectivity index (χ1n) is 10.8. The van der Waals surface area contributed by atoms with Gasteiger partial charge in [0, 0.05) is 51.8 Å². The summed E-state index contributed by atoms with van der Waals surface area (Å²) in [7, 11) is 3.41. The van der Waals surface area contributed by atoms with Crippen LogP contribution in [0.5, 0.6) is 0 Å². The third-order valence-corrected chi connectivity index (χ3v) is 5.45. The molecule has 0 saturated carbocycles. The summed E-state index contributed by atoms with van der Waals surface area (Å²) in [6, 6.07) is 7.97. The van der Waals surface area contributed by atoms with E-state index in [1.807, 2.05) is 47.7 Å². The molecule has 1 aliphatic rings. The number of benzene rings is 1. The molecule has 0 radical (unpaired) electrons. The molecule has 168 valence electrons. The van der Waals surface area contributed by atoms with Crippen LogP contribution in [0.4, 0.5) is 0 Å². The highest BCUT2D eigenvalue weighted by Gasteiger charge is 2.22. The summed E-state index contributed by atoms with van der Waals surface area (Å²) in [5.74, 6) is 2.55. The SMILES string of the molecule is CCN(CC)C(=O)c1ccc(CNC(=NC)NC2CCc3nc(COC)nn3C2)cc1. The maximum absolute atomic E-state index is 12.4. The van der Waals surface area contributed by atoms with Gasteiger partial charge < -0.3 is 20.3 Å². The number of methoxy groups -OCH3 is 1. The Balaban J connectivity index is 1.52. The number of aromatic nitrogens is 3. The predicted molar refractivity (Wildman–Crippen MR) is 120 cm³/mol. The Labute approximate surface area is 183 Å². The van der Waals surface area contributed by atoms with Crippen molar-refractivity contribution in [2.75, 3.05) is 27.2 Å². The highest BCUT2D eigenvalue weighted by molar-refractivity contribution is 5.94. The Hall–Kier alpha value is -2.94. The Morgan fingerprint density at radius 2 is 2.03 bits per heavy atom. The van der Waals surface area contributed by atoms with Gasteiger partial charge in [0.15, 0.2) is 11.8 Å². The van der Waals surface area contributed by atoms with Crippen LogP contribution in [0.2, 0.25) is 0 Å². The first-order valence-corrected chi connectivity index (χ1v) is 10.8.